The van der Waals surface area contributed by atoms with Gasteiger partial charge in [-0.25, -0.2) is 5.43 Å². The zero-order valence-electron chi connectivity index (χ0n) is 17.8. The number of rotatable bonds is 11. The Labute approximate surface area is 183 Å². The number of amides is 1. The molecule has 0 spiro atoms. The number of benzene rings is 3. The van der Waals surface area contributed by atoms with Crippen LogP contribution >= 0.6 is 0 Å². The second-order valence-electron chi connectivity index (χ2n) is 7.09. The second kappa shape index (κ2) is 12.2. The van der Waals surface area contributed by atoms with Gasteiger partial charge in [0.2, 0.25) is 0 Å². The van der Waals surface area contributed by atoms with E-state index in [4.69, 9.17) is 9.47 Å². The monoisotopic (exact) mass is 416 g/mol. The van der Waals surface area contributed by atoms with Gasteiger partial charge in [0.1, 0.15) is 18.1 Å². The second-order valence-corrected chi connectivity index (χ2v) is 7.09. The molecule has 0 saturated heterocycles. The third-order valence-corrected chi connectivity index (χ3v) is 4.65. The fourth-order valence-corrected chi connectivity index (χ4v) is 2.93. The van der Waals surface area contributed by atoms with Gasteiger partial charge in [0, 0.05) is 0 Å². The Balaban J connectivity index is 1.53. The van der Waals surface area contributed by atoms with Crippen molar-refractivity contribution in [3.8, 4) is 11.5 Å². The average molecular weight is 417 g/mol. The minimum atomic E-state index is -0.323. The van der Waals surface area contributed by atoms with Crippen LogP contribution in [0.3, 0.4) is 0 Å². The number of para-hydroxylation sites is 1. The summed E-state index contributed by atoms with van der Waals surface area (Å²) in [4.78, 5) is 12.6. The molecule has 5 heteroatoms. The Bertz CT molecular complexity index is 969. The zero-order valence-corrected chi connectivity index (χ0v) is 17.8. The van der Waals surface area contributed by atoms with E-state index in [0.717, 1.165) is 29.9 Å². The summed E-state index contributed by atoms with van der Waals surface area (Å²) < 4.78 is 11.5. The van der Waals surface area contributed by atoms with Crippen molar-refractivity contribution in [3.63, 3.8) is 0 Å². The fourth-order valence-electron chi connectivity index (χ4n) is 2.93. The lowest BCUT2D eigenvalue weighted by molar-refractivity contribution is 0.0950. The van der Waals surface area contributed by atoms with Gasteiger partial charge < -0.3 is 9.47 Å². The van der Waals surface area contributed by atoms with Crippen LogP contribution in [0.5, 0.6) is 11.5 Å². The molecule has 0 aliphatic carbocycles. The normalized spacial score (nSPS) is 10.7. The molecule has 0 aliphatic heterocycles. The molecule has 31 heavy (non-hydrogen) atoms. The summed E-state index contributed by atoms with van der Waals surface area (Å²) in [5.41, 5.74) is 4.91. The van der Waals surface area contributed by atoms with Crippen LogP contribution in [0.15, 0.2) is 84.0 Å². The van der Waals surface area contributed by atoms with Gasteiger partial charge in [-0.1, -0.05) is 62.2 Å². The van der Waals surface area contributed by atoms with E-state index >= 15 is 0 Å². The van der Waals surface area contributed by atoms with Gasteiger partial charge >= 0.3 is 0 Å². The van der Waals surface area contributed by atoms with Crippen LogP contribution in [0.25, 0.3) is 0 Å². The van der Waals surface area contributed by atoms with Crippen LogP contribution in [0, 0.1) is 0 Å². The molecule has 0 fully saturated rings. The van der Waals surface area contributed by atoms with Gasteiger partial charge in [0.15, 0.2) is 0 Å². The van der Waals surface area contributed by atoms with Gasteiger partial charge in [-0.05, 0) is 53.9 Å². The van der Waals surface area contributed by atoms with E-state index in [-0.39, 0.29) is 5.91 Å². The molecule has 5 nitrogen and oxygen atoms in total. The highest BCUT2D eigenvalue weighted by atomic mass is 16.5. The lowest BCUT2D eigenvalue weighted by Gasteiger charge is -2.10. The van der Waals surface area contributed by atoms with Crippen molar-refractivity contribution >= 4 is 12.1 Å². The van der Waals surface area contributed by atoms with Crippen molar-refractivity contribution < 1.29 is 14.3 Å². The largest absolute Gasteiger partial charge is 0.494 e. The molecule has 1 N–H and O–H groups in total. The minimum Gasteiger partial charge on any atom is -0.494 e. The Morgan fingerprint density at radius 3 is 2.42 bits per heavy atom. The molecular weight excluding hydrogens is 388 g/mol. The standard InChI is InChI=1S/C26H28N2O3/c1-2-3-9-18-30-23-16-14-21(15-17-23)19-27-28-26(29)24-12-7-8-13-25(24)31-20-22-10-5-4-6-11-22/h4-8,10-17,19H,2-3,9,18,20H2,1H3,(H,28,29)/b27-19-. The van der Waals surface area contributed by atoms with Crippen molar-refractivity contribution in [1.29, 1.82) is 0 Å². The van der Waals surface area contributed by atoms with Crippen LogP contribution in [-0.2, 0) is 6.61 Å². The number of nitrogens with one attached hydrogen (secondary N) is 1. The Morgan fingerprint density at radius 1 is 0.903 bits per heavy atom. The van der Waals surface area contributed by atoms with E-state index in [0.29, 0.717) is 17.9 Å². The molecule has 0 heterocycles. The summed E-state index contributed by atoms with van der Waals surface area (Å²) in [6, 6.07) is 24.6. The topological polar surface area (TPSA) is 59.9 Å². The quantitative estimate of drug-likeness (QED) is 0.251. The first-order valence-corrected chi connectivity index (χ1v) is 10.6. The summed E-state index contributed by atoms with van der Waals surface area (Å²) in [7, 11) is 0. The van der Waals surface area contributed by atoms with E-state index in [1.165, 1.54) is 12.8 Å². The maximum absolute atomic E-state index is 12.6. The molecule has 3 rings (SSSR count). The molecule has 3 aromatic carbocycles. The molecule has 0 saturated carbocycles. The third kappa shape index (κ3) is 7.30. The summed E-state index contributed by atoms with van der Waals surface area (Å²) in [6.07, 6.45) is 5.01. The smallest absolute Gasteiger partial charge is 0.275 e. The van der Waals surface area contributed by atoms with Crippen LogP contribution in [0.1, 0.15) is 47.7 Å². The van der Waals surface area contributed by atoms with E-state index in [1.54, 1.807) is 24.4 Å². The average Bonchev–Trinajstić information content (AvgIpc) is 2.82. The zero-order chi connectivity index (χ0) is 21.7. The van der Waals surface area contributed by atoms with Gasteiger partial charge in [0.25, 0.3) is 5.91 Å². The number of carbonyl (C=O) groups excluding carboxylic acids is 1. The number of ether oxygens (including phenoxy) is 2. The summed E-state index contributed by atoms with van der Waals surface area (Å²) in [5, 5.41) is 4.07. The maximum atomic E-state index is 12.6. The maximum Gasteiger partial charge on any atom is 0.275 e. The molecule has 0 bridgehead atoms. The van der Waals surface area contributed by atoms with Crippen LogP contribution in [0.4, 0.5) is 0 Å². The molecule has 160 valence electrons. The number of hydrogen-bond donors (Lipinski definition) is 1. The number of hydrogen-bond acceptors (Lipinski definition) is 4. The first kappa shape index (κ1) is 22.1. The molecule has 0 aromatic heterocycles. The fraction of sp³-hybridized carbons (Fsp3) is 0.231. The Hall–Kier alpha value is -3.60. The van der Waals surface area contributed by atoms with E-state index in [2.05, 4.69) is 17.5 Å². The highest BCUT2D eigenvalue weighted by Crippen LogP contribution is 2.19. The lowest BCUT2D eigenvalue weighted by atomic mass is 10.2. The number of hydrazone groups is 1. The Kier molecular flexibility index (Phi) is 8.68. The van der Waals surface area contributed by atoms with Crippen molar-refractivity contribution in [3.05, 3.63) is 95.6 Å². The van der Waals surface area contributed by atoms with Crippen LogP contribution in [0.2, 0.25) is 0 Å². The summed E-state index contributed by atoms with van der Waals surface area (Å²) in [6.45, 7) is 3.29. The Morgan fingerprint density at radius 2 is 1.65 bits per heavy atom. The van der Waals surface area contributed by atoms with Crippen molar-refractivity contribution in [2.75, 3.05) is 6.61 Å². The van der Waals surface area contributed by atoms with Crippen molar-refractivity contribution in [2.24, 2.45) is 5.10 Å². The highest BCUT2D eigenvalue weighted by Gasteiger charge is 2.11. The molecule has 0 radical (unpaired) electrons. The van der Waals surface area contributed by atoms with E-state index in [9.17, 15) is 4.79 Å². The number of carbonyl (C=O) groups is 1. The molecule has 0 unspecified atom stereocenters. The van der Waals surface area contributed by atoms with E-state index < -0.39 is 0 Å². The first-order chi connectivity index (χ1) is 15.3. The molecule has 1 amide bonds. The van der Waals surface area contributed by atoms with Gasteiger partial charge in [-0.15, -0.1) is 0 Å². The highest BCUT2D eigenvalue weighted by molar-refractivity contribution is 5.97. The van der Waals surface area contributed by atoms with E-state index in [1.807, 2.05) is 60.7 Å². The lowest BCUT2D eigenvalue weighted by Crippen LogP contribution is -2.18. The summed E-state index contributed by atoms with van der Waals surface area (Å²) in [5.74, 6) is 1.03. The third-order valence-electron chi connectivity index (χ3n) is 4.65. The molecular formula is C26H28N2O3. The van der Waals surface area contributed by atoms with Crippen molar-refractivity contribution in [2.45, 2.75) is 32.8 Å². The van der Waals surface area contributed by atoms with Gasteiger partial charge in [0.05, 0.1) is 18.4 Å². The predicted molar refractivity (Wildman–Crippen MR) is 124 cm³/mol. The SMILES string of the molecule is CCCCCOc1ccc(/C=N\NC(=O)c2ccccc2OCc2ccccc2)cc1. The molecule has 3 aromatic rings. The van der Waals surface area contributed by atoms with Crippen LogP contribution in [-0.4, -0.2) is 18.7 Å². The predicted octanol–water partition coefficient (Wildman–Crippen LogP) is 5.60. The first-order valence-electron chi connectivity index (χ1n) is 10.6. The van der Waals surface area contributed by atoms with Gasteiger partial charge in [-0.3, -0.25) is 4.79 Å². The number of nitrogens with zero attached hydrogens (tertiary/aromatic N) is 1. The molecule has 0 atom stereocenters. The van der Waals surface area contributed by atoms with Crippen LogP contribution < -0.4 is 14.9 Å². The summed E-state index contributed by atoms with van der Waals surface area (Å²) >= 11 is 0. The van der Waals surface area contributed by atoms with Gasteiger partial charge in [-0.2, -0.15) is 5.10 Å². The molecule has 0 aliphatic rings. The van der Waals surface area contributed by atoms with Crippen molar-refractivity contribution in [1.82, 2.24) is 5.43 Å². The number of unbranched alkanes of at least 4 members (excludes halogenated alkanes) is 2. The minimum absolute atomic E-state index is 0.323.